The van der Waals surface area contributed by atoms with Gasteiger partial charge in [-0.3, -0.25) is 9.59 Å². The van der Waals surface area contributed by atoms with Gasteiger partial charge in [0.15, 0.2) is 5.78 Å². The van der Waals surface area contributed by atoms with E-state index in [0.29, 0.717) is 5.56 Å². The van der Waals surface area contributed by atoms with Crippen molar-refractivity contribution in [1.82, 2.24) is 0 Å². The van der Waals surface area contributed by atoms with Crippen molar-refractivity contribution in [1.29, 1.82) is 0 Å². The second-order valence-electron chi connectivity index (χ2n) is 5.74. The highest BCUT2D eigenvalue weighted by Crippen LogP contribution is 2.43. The Morgan fingerprint density at radius 1 is 1.50 bits per heavy atom. The summed E-state index contributed by atoms with van der Waals surface area (Å²) in [5.74, 6) is -2.66. The number of esters is 1. The van der Waals surface area contributed by atoms with E-state index in [1.165, 1.54) is 6.08 Å². The predicted octanol–water partition coefficient (Wildman–Crippen LogP) is 4.11. The molecular formula is C17H17BrCl2O4. The highest BCUT2D eigenvalue weighted by atomic mass is 79.9. The maximum atomic E-state index is 12.6. The van der Waals surface area contributed by atoms with E-state index in [0.717, 1.165) is 4.47 Å². The fourth-order valence-corrected chi connectivity index (χ4v) is 3.79. The Kier molecular flexibility index (Phi) is 6.48. The van der Waals surface area contributed by atoms with Gasteiger partial charge in [0.2, 0.25) is 0 Å². The molecule has 0 aliphatic heterocycles. The number of rotatable bonds is 4. The van der Waals surface area contributed by atoms with Crippen LogP contribution in [0.1, 0.15) is 25.3 Å². The van der Waals surface area contributed by atoms with Crippen LogP contribution in [0.3, 0.4) is 0 Å². The van der Waals surface area contributed by atoms with E-state index in [1.807, 2.05) is 6.07 Å². The monoisotopic (exact) mass is 434 g/mol. The maximum absolute atomic E-state index is 12.6. The Labute approximate surface area is 158 Å². The first-order valence-corrected chi connectivity index (χ1v) is 9.02. The zero-order valence-electron chi connectivity index (χ0n) is 13.0. The van der Waals surface area contributed by atoms with Crippen LogP contribution >= 0.6 is 39.1 Å². The Balaban J connectivity index is 2.40. The van der Waals surface area contributed by atoms with Gasteiger partial charge in [0.1, 0.15) is 10.4 Å². The van der Waals surface area contributed by atoms with Crippen LogP contribution in [-0.2, 0) is 19.9 Å². The van der Waals surface area contributed by atoms with Gasteiger partial charge >= 0.3 is 5.97 Å². The molecule has 1 N–H and O–H groups in total. The molecule has 1 saturated carbocycles. The predicted molar refractivity (Wildman–Crippen MR) is 95.7 cm³/mol. The normalized spacial score (nSPS) is 26.8. The van der Waals surface area contributed by atoms with Gasteiger partial charge in [0, 0.05) is 16.8 Å². The van der Waals surface area contributed by atoms with E-state index >= 15 is 0 Å². The molecule has 1 aliphatic carbocycles. The summed E-state index contributed by atoms with van der Waals surface area (Å²) in [6.45, 7) is 1.84. The third-order valence-corrected chi connectivity index (χ3v) is 4.80. The van der Waals surface area contributed by atoms with Crippen LogP contribution in [-0.4, -0.2) is 23.5 Å². The molecule has 1 fully saturated rings. The third kappa shape index (κ3) is 4.39. The van der Waals surface area contributed by atoms with Gasteiger partial charge in [-0.1, -0.05) is 51.3 Å². The number of aliphatic hydroxyl groups is 1. The van der Waals surface area contributed by atoms with Gasteiger partial charge in [-0.2, -0.15) is 0 Å². The van der Waals surface area contributed by atoms with E-state index in [1.54, 1.807) is 25.1 Å². The molecule has 1 aliphatic rings. The van der Waals surface area contributed by atoms with Crippen molar-refractivity contribution in [3.05, 3.63) is 44.9 Å². The molecular weight excluding hydrogens is 419 g/mol. The molecule has 2 rings (SSSR count). The van der Waals surface area contributed by atoms with Gasteiger partial charge in [0.25, 0.3) is 0 Å². The Bertz CT molecular complexity index is 672. The largest absolute Gasteiger partial charge is 0.465 e. The second-order valence-corrected chi connectivity index (χ2v) is 7.66. The minimum atomic E-state index is -1.39. The van der Waals surface area contributed by atoms with Gasteiger partial charge in [-0.25, -0.2) is 0 Å². The molecule has 0 amide bonds. The second kappa shape index (κ2) is 8.00. The highest BCUT2D eigenvalue weighted by molar-refractivity contribution is 9.10. The molecule has 0 heterocycles. The fourth-order valence-electron chi connectivity index (χ4n) is 3.07. The quantitative estimate of drug-likeness (QED) is 0.570. The summed E-state index contributed by atoms with van der Waals surface area (Å²) in [6, 6.07) is 7.09. The van der Waals surface area contributed by atoms with Crippen LogP contribution < -0.4 is 0 Å². The molecule has 130 valence electrons. The molecule has 1 aromatic carbocycles. The van der Waals surface area contributed by atoms with E-state index in [9.17, 15) is 14.7 Å². The minimum absolute atomic E-state index is 0.0550. The summed E-state index contributed by atoms with van der Waals surface area (Å²) in [7, 11) is 0. The third-order valence-electron chi connectivity index (χ3n) is 4.06. The standard InChI is InChI=1S/C17H17BrCl2O4/c1-2-24-16(22)15-10(6-14(19)20)8-17(23,9-13(15)21)11-4-3-5-12(18)7-11/h3-7,10,15,23H,2,8-9H2,1H3/t10-,15+,17-/m0/s1. The number of carbonyl (C=O) groups excluding carboxylic acids is 2. The number of allylic oxidation sites excluding steroid dienone is 1. The van der Waals surface area contributed by atoms with Crippen LogP contribution in [0.2, 0.25) is 0 Å². The first-order valence-electron chi connectivity index (χ1n) is 7.47. The summed E-state index contributed by atoms with van der Waals surface area (Å²) >= 11 is 14.8. The molecule has 0 spiro atoms. The number of carbonyl (C=O) groups is 2. The summed E-state index contributed by atoms with van der Waals surface area (Å²) in [5.41, 5.74) is -0.800. The number of Topliss-reactive ketones (excluding diaryl/α,β-unsaturated/α-hetero) is 1. The van der Waals surface area contributed by atoms with Crippen molar-refractivity contribution in [2.24, 2.45) is 11.8 Å². The average molecular weight is 436 g/mol. The SMILES string of the molecule is CCOC(=O)[C@H]1C(=O)C[C@](O)(c2cccc(Br)c2)C[C@@H]1C=C(Cl)Cl. The number of ether oxygens (including phenoxy) is 1. The minimum Gasteiger partial charge on any atom is -0.465 e. The van der Waals surface area contributed by atoms with E-state index < -0.39 is 29.2 Å². The molecule has 0 saturated heterocycles. The lowest BCUT2D eigenvalue weighted by atomic mass is 9.68. The number of halogens is 3. The number of ketones is 1. The Morgan fingerprint density at radius 2 is 2.21 bits per heavy atom. The summed E-state index contributed by atoms with van der Waals surface area (Å²) in [5, 5.41) is 11.0. The molecule has 0 bridgehead atoms. The number of benzene rings is 1. The first kappa shape index (κ1) is 19.4. The van der Waals surface area contributed by atoms with E-state index in [-0.39, 0.29) is 23.9 Å². The lowest BCUT2D eigenvalue weighted by Crippen LogP contribution is -2.45. The van der Waals surface area contributed by atoms with Gasteiger partial charge in [-0.05, 0) is 37.1 Å². The molecule has 0 unspecified atom stereocenters. The van der Waals surface area contributed by atoms with Gasteiger partial charge < -0.3 is 9.84 Å². The zero-order chi connectivity index (χ0) is 17.9. The van der Waals surface area contributed by atoms with Crippen LogP contribution in [0.4, 0.5) is 0 Å². The molecule has 0 aromatic heterocycles. The Morgan fingerprint density at radius 3 is 2.79 bits per heavy atom. The molecule has 0 radical (unpaired) electrons. The highest BCUT2D eigenvalue weighted by Gasteiger charge is 2.48. The topological polar surface area (TPSA) is 63.6 Å². The number of hydrogen-bond acceptors (Lipinski definition) is 4. The molecule has 7 heteroatoms. The van der Waals surface area contributed by atoms with Crippen molar-refractivity contribution >= 4 is 50.9 Å². The van der Waals surface area contributed by atoms with E-state index in [4.69, 9.17) is 27.9 Å². The molecule has 1 aromatic rings. The molecule has 3 atom stereocenters. The van der Waals surface area contributed by atoms with Crippen LogP contribution in [0.5, 0.6) is 0 Å². The van der Waals surface area contributed by atoms with Crippen LogP contribution in [0.25, 0.3) is 0 Å². The van der Waals surface area contributed by atoms with Crippen molar-refractivity contribution < 1.29 is 19.4 Å². The van der Waals surface area contributed by atoms with Crippen molar-refractivity contribution in [3.63, 3.8) is 0 Å². The van der Waals surface area contributed by atoms with E-state index in [2.05, 4.69) is 15.9 Å². The van der Waals surface area contributed by atoms with Crippen molar-refractivity contribution in [2.75, 3.05) is 6.61 Å². The fraction of sp³-hybridized carbons (Fsp3) is 0.412. The number of hydrogen-bond donors (Lipinski definition) is 1. The lowest BCUT2D eigenvalue weighted by molar-refractivity contribution is -0.159. The summed E-state index contributed by atoms with van der Waals surface area (Å²) in [6.07, 6.45) is 1.39. The summed E-state index contributed by atoms with van der Waals surface area (Å²) in [4.78, 5) is 24.7. The van der Waals surface area contributed by atoms with Crippen LogP contribution in [0.15, 0.2) is 39.3 Å². The average Bonchev–Trinajstić information content (AvgIpc) is 2.46. The first-order chi connectivity index (χ1) is 11.3. The van der Waals surface area contributed by atoms with Crippen molar-refractivity contribution in [3.8, 4) is 0 Å². The van der Waals surface area contributed by atoms with Gasteiger partial charge in [-0.15, -0.1) is 0 Å². The lowest BCUT2D eigenvalue weighted by Gasteiger charge is -2.39. The Hall–Kier alpha value is -0.880. The summed E-state index contributed by atoms with van der Waals surface area (Å²) < 4.78 is 5.73. The van der Waals surface area contributed by atoms with Crippen LogP contribution in [0, 0.1) is 11.8 Å². The molecule has 4 nitrogen and oxygen atoms in total. The zero-order valence-corrected chi connectivity index (χ0v) is 16.1. The molecule has 24 heavy (non-hydrogen) atoms. The van der Waals surface area contributed by atoms with Gasteiger partial charge in [0.05, 0.1) is 12.2 Å². The maximum Gasteiger partial charge on any atom is 0.317 e. The van der Waals surface area contributed by atoms with Crippen molar-refractivity contribution in [2.45, 2.75) is 25.4 Å². The smallest absolute Gasteiger partial charge is 0.317 e.